The number of methoxy groups -OCH3 is 1. The number of amides is 1. The molecule has 0 unspecified atom stereocenters. The van der Waals surface area contributed by atoms with Gasteiger partial charge in [0.1, 0.15) is 5.75 Å². The fourth-order valence-corrected chi connectivity index (χ4v) is 4.81. The van der Waals surface area contributed by atoms with E-state index in [0.29, 0.717) is 16.7 Å². The first-order valence-corrected chi connectivity index (χ1v) is 11.5. The molecule has 1 aliphatic carbocycles. The van der Waals surface area contributed by atoms with Crippen molar-refractivity contribution in [3.63, 3.8) is 0 Å². The predicted octanol–water partition coefficient (Wildman–Crippen LogP) is 3.88. The summed E-state index contributed by atoms with van der Waals surface area (Å²) < 4.78 is 7.42. The highest BCUT2D eigenvalue weighted by atomic mass is 16.5. The van der Waals surface area contributed by atoms with Gasteiger partial charge in [0.25, 0.3) is 11.5 Å². The van der Waals surface area contributed by atoms with Gasteiger partial charge in [-0.15, -0.1) is 0 Å². The molecule has 2 aromatic carbocycles. The lowest BCUT2D eigenvalue weighted by Crippen LogP contribution is -2.37. The van der Waals surface area contributed by atoms with E-state index in [0.717, 1.165) is 48.1 Å². The number of hydrogen-bond donors (Lipinski definition) is 2. The molecule has 2 aromatic heterocycles. The third kappa shape index (κ3) is 4.19. The molecule has 2 N–H and O–H groups in total. The van der Waals surface area contributed by atoms with E-state index in [1.54, 1.807) is 19.5 Å². The molecule has 0 aliphatic heterocycles. The van der Waals surface area contributed by atoms with Crippen LogP contribution in [-0.4, -0.2) is 38.8 Å². The zero-order chi connectivity index (χ0) is 23.7. The summed E-state index contributed by atoms with van der Waals surface area (Å²) in [5.74, 6) is 0.764. The Balaban J connectivity index is 1.26. The maximum absolute atomic E-state index is 13.0. The van der Waals surface area contributed by atoms with E-state index in [2.05, 4.69) is 20.5 Å². The molecule has 0 radical (unpaired) electrons. The first-order chi connectivity index (χ1) is 16.5. The number of aryl methyl sites for hydroxylation is 1. The summed E-state index contributed by atoms with van der Waals surface area (Å²) in [6, 6.07) is 13.1. The number of hydrogen-bond acceptors (Lipinski definition) is 5. The third-order valence-corrected chi connectivity index (χ3v) is 6.61. The van der Waals surface area contributed by atoms with Crippen LogP contribution in [0.25, 0.3) is 16.5 Å². The predicted molar refractivity (Wildman–Crippen MR) is 130 cm³/mol. The van der Waals surface area contributed by atoms with Gasteiger partial charge in [-0.3, -0.25) is 9.59 Å². The minimum Gasteiger partial charge on any atom is -0.495 e. The van der Waals surface area contributed by atoms with E-state index in [1.807, 2.05) is 54.1 Å². The Bertz CT molecular complexity index is 1400. The standard InChI is InChI=1S/C26H27N5O3/c1-16-14-31(15-27-16)22-12-9-18(13-23(22)34-2)25(32)28-19-10-7-17(8-11-19)24-20-5-3-4-6-21(20)26(33)30-29-24/h3-6,9,12-15,17,19H,7-8,10-11H2,1-2H3,(H,28,32)(H,30,33)/t17-,19-. The van der Waals surface area contributed by atoms with Crippen LogP contribution in [0, 0.1) is 6.92 Å². The topological polar surface area (TPSA) is 102 Å². The average Bonchev–Trinajstić information content (AvgIpc) is 3.30. The van der Waals surface area contributed by atoms with Crippen molar-refractivity contribution >= 4 is 16.7 Å². The molecule has 8 nitrogen and oxygen atoms in total. The molecule has 1 fully saturated rings. The van der Waals surface area contributed by atoms with Gasteiger partial charge < -0.3 is 14.6 Å². The van der Waals surface area contributed by atoms with E-state index >= 15 is 0 Å². The number of carbonyl (C=O) groups excluding carboxylic acids is 1. The first-order valence-electron chi connectivity index (χ1n) is 11.5. The van der Waals surface area contributed by atoms with E-state index in [4.69, 9.17) is 4.74 Å². The van der Waals surface area contributed by atoms with Gasteiger partial charge in [-0.2, -0.15) is 5.10 Å². The van der Waals surface area contributed by atoms with Crippen molar-refractivity contribution in [1.82, 2.24) is 25.1 Å². The Kier molecular flexibility index (Phi) is 5.88. The van der Waals surface area contributed by atoms with Crippen LogP contribution in [0.3, 0.4) is 0 Å². The zero-order valence-corrected chi connectivity index (χ0v) is 19.2. The second kappa shape index (κ2) is 9.13. The van der Waals surface area contributed by atoms with Crippen molar-refractivity contribution in [2.75, 3.05) is 7.11 Å². The van der Waals surface area contributed by atoms with Gasteiger partial charge in [0.05, 0.1) is 35.9 Å². The fraction of sp³-hybridized carbons (Fsp3) is 0.308. The van der Waals surface area contributed by atoms with Gasteiger partial charge in [-0.25, -0.2) is 10.1 Å². The van der Waals surface area contributed by atoms with Crippen LogP contribution in [0.4, 0.5) is 0 Å². The lowest BCUT2D eigenvalue weighted by molar-refractivity contribution is 0.0925. The molecule has 34 heavy (non-hydrogen) atoms. The lowest BCUT2D eigenvalue weighted by Gasteiger charge is -2.29. The molecular weight excluding hydrogens is 430 g/mol. The second-order valence-electron chi connectivity index (χ2n) is 8.81. The molecule has 0 saturated heterocycles. The van der Waals surface area contributed by atoms with Crippen molar-refractivity contribution in [3.05, 3.63) is 82.3 Å². The third-order valence-electron chi connectivity index (χ3n) is 6.61. The van der Waals surface area contributed by atoms with Gasteiger partial charge >= 0.3 is 0 Å². The molecule has 0 atom stereocenters. The van der Waals surface area contributed by atoms with Gasteiger partial charge in [-0.05, 0) is 56.9 Å². The molecule has 1 amide bonds. The van der Waals surface area contributed by atoms with Gasteiger partial charge in [0.15, 0.2) is 0 Å². The number of aromatic nitrogens is 4. The van der Waals surface area contributed by atoms with Gasteiger partial charge in [0.2, 0.25) is 0 Å². The minimum absolute atomic E-state index is 0.0970. The number of nitrogens with zero attached hydrogens (tertiary/aromatic N) is 3. The van der Waals surface area contributed by atoms with Crippen molar-refractivity contribution in [2.45, 2.75) is 44.6 Å². The Hall–Kier alpha value is -3.94. The molecule has 1 saturated carbocycles. The lowest BCUT2D eigenvalue weighted by atomic mass is 9.82. The second-order valence-corrected chi connectivity index (χ2v) is 8.81. The van der Waals surface area contributed by atoms with Crippen LogP contribution in [-0.2, 0) is 0 Å². The number of rotatable bonds is 5. The number of carbonyl (C=O) groups is 1. The average molecular weight is 458 g/mol. The van der Waals surface area contributed by atoms with Gasteiger partial charge in [0, 0.05) is 29.1 Å². The molecule has 174 valence electrons. The smallest absolute Gasteiger partial charge is 0.272 e. The highest BCUT2D eigenvalue weighted by Crippen LogP contribution is 2.34. The van der Waals surface area contributed by atoms with Crippen molar-refractivity contribution < 1.29 is 9.53 Å². The quantitative estimate of drug-likeness (QED) is 0.474. The summed E-state index contributed by atoms with van der Waals surface area (Å²) in [7, 11) is 1.60. The number of benzene rings is 2. The largest absolute Gasteiger partial charge is 0.495 e. The minimum atomic E-state index is -0.162. The fourth-order valence-electron chi connectivity index (χ4n) is 4.81. The molecule has 2 heterocycles. The Labute approximate surface area is 197 Å². The maximum atomic E-state index is 13.0. The number of aromatic amines is 1. The summed E-state index contributed by atoms with van der Waals surface area (Å²) in [5.41, 5.74) is 3.08. The zero-order valence-electron chi connectivity index (χ0n) is 19.2. The van der Waals surface area contributed by atoms with Crippen molar-refractivity contribution in [2.24, 2.45) is 0 Å². The van der Waals surface area contributed by atoms with E-state index < -0.39 is 0 Å². The maximum Gasteiger partial charge on any atom is 0.272 e. The highest BCUT2D eigenvalue weighted by molar-refractivity contribution is 5.95. The van der Waals surface area contributed by atoms with E-state index in [1.165, 1.54) is 0 Å². The Morgan fingerprint density at radius 1 is 1.12 bits per heavy atom. The Morgan fingerprint density at radius 3 is 2.59 bits per heavy atom. The number of fused-ring (bicyclic) bond motifs is 1. The van der Waals surface area contributed by atoms with E-state index in [-0.39, 0.29) is 23.4 Å². The molecule has 0 bridgehead atoms. The van der Waals surface area contributed by atoms with E-state index in [9.17, 15) is 9.59 Å². The van der Waals surface area contributed by atoms with Crippen LogP contribution in [0.1, 0.15) is 53.3 Å². The monoisotopic (exact) mass is 457 g/mol. The molecule has 0 spiro atoms. The van der Waals surface area contributed by atoms with Crippen molar-refractivity contribution in [3.8, 4) is 11.4 Å². The number of imidazole rings is 1. The summed E-state index contributed by atoms with van der Waals surface area (Å²) in [5, 5.41) is 11.8. The normalized spacial score (nSPS) is 18.1. The molecule has 8 heteroatoms. The van der Waals surface area contributed by atoms with Gasteiger partial charge in [-0.1, -0.05) is 18.2 Å². The summed E-state index contributed by atoms with van der Waals surface area (Å²) >= 11 is 0. The molecular formula is C26H27N5O3. The summed E-state index contributed by atoms with van der Waals surface area (Å²) in [6.45, 7) is 1.93. The summed E-state index contributed by atoms with van der Waals surface area (Å²) in [6.07, 6.45) is 7.15. The number of ether oxygens (including phenoxy) is 1. The van der Waals surface area contributed by atoms with Crippen molar-refractivity contribution in [1.29, 1.82) is 0 Å². The number of nitrogens with one attached hydrogen (secondary N) is 2. The van der Waals surface area contributed by atoms with Crippen LogP contribution in [0.2, 0.25) is 0 Å². The highest BCUT2D eigenvalue weighted by Gasteiger charge is 2.26. The SMILES string of the molecule is COc1cc(C(=O)N[C@H]2CC[C@H](c3n[nH]c(=O)c4ccccc43)CC2)ccc1-n1cnc(C)c1. The molecule has 5 rings (SSSR count). The Morgan fingerprint density at radius 2 is 1.88 bits per heavy atom. The molecule has 4 aromatic rings. The number of H-pyrrole nitrogens is 1. The van der Waals surface area contributed by atoms with Crippen LogP contribution < -0.4 is 15.6 Å². The van der Waals surface area contributed by atoms with Crippen LogP contribution in [0.15, 0.2) is 59.8 Å². The van der Waals surface area contributed by atoms with Crippen LogP contribution >= 0.6 is 0 Å². The molecule has 1 aliphatic rings. The van der Waals surface area contributed by atoms with Crippen LogP contribution in [0.5, 0.6) is 5.75 Å². The first kappa shape index (κ1) is 21.9. The summed E-state index contributed by atoms with van der Waals surface area (Å²) in [4.78, 5) is 29.3.